The highest BCUT2D eigenvalue weighted by molar-refractivity contribution is 5.99. The summed E-state index contributed by atoms with van der Waals surface area (Å²) in [6.07, 6.45) is 12.6. The zero-order valence-electron chi connectivity index (χ0n) is 64.5. The number of amides is 8. The van der Waals surface area contributed by atoms with Crippen molar-refractivity contribution in [1.82, 2.24) is 41.2 Å². The summed E-state index contributed by atoms with van der Waals surface area (Å²) in [6, 6.07) is 25.3. The molecule has 0 fully saturated rings. The van der Waals surface area contributed by atoms with Crippen LogP contribution in [0, 0.1) is 0 Å². The molecule has 4 aromatic heterocycles. The van der Waals surface area contributed by atoms with E-state index in [2.05, 4.69) is 146 Å². The number of benzene rings is 4. The molecular formula is C84H100N12O12. The van der Waals surface area contributed by atoms with Crippen LogP contribution in [0.5, 0.6) is 23.0 Å². The number of hydrogen-bond acceptors (Lipinski definition) is 16. The molecule has 568 valence electrons. The molecule has 4 atom stereocenters. The first-order valence-electron chi connectivity index (χ1n) is 36.1. The van der Waals surface area contributed by atoms with Crippen molar-refractivity contribution in [3.05, 3.63) is 213 Å². The highest BCUT2D eigenvalue weighted by Crippen LogP contribution is 2.45. The summed E-state index contributed by atoms with van der Waals surface area (Å²) in [5, 5.41) is 22.5. The maximum Gasteiger partial charge on any atom is 0.258 e. The average Bonchev–Trinajstić information content (AvgIpc) is 0.759. The number of carbonyl (C=O) groups excluding carboxylic acids is 8. The van der Waals surface area contributed by atoms with Gasteiger partial charge in [0.05, 0.1) is 0 Å². The predicted octanol–water partition coefficient (Wildman–Crippen LogP) is 11.2. The van der Waals surface area contributed by atoms with E-state index >= 15 is 0 Å². The Bertz CT molecular complexity index is 3910. The van der Waals surface area contributed by atoms with Crippen LogP contribution < -0.4 is 61.5 Å². The van der Waals surface area contributed by atoms with E-state index in [4.69, 9.17) is 18.9 Å². The van der Waals surface area contributed by atoms with Gasteiger partial charge in [0, 0.05) is 98.0 Å². The van der Waals surface area contributed by atoms with Crippen LogP contribution in [0.1, 0.15) is 178 Å². The smallest absolute Gasteiger partial charge is 0.258 e. The number of pyridine rings is 4. The van der Waals surface area contributed by atoms with Gasteiger partial charge in [-0.1, -0.05) is 132 Å². The fourth-order valence-electron chi connectivity index (χ4n) is 12.1. The van der Waals surface area contributed by atoms with Gasteiger partial charge in [-0.05, 0) is 165 Å². The minimum absolute atomic E-state index is 0.0602. The number of ether oxygens (including phenoxy) is 4. The van der Waals surface area contributed by atoms with Gasteiger partial charge in [-0.3, -0.25) is 58.3 Å². The lowest BCUT2D eigenvalue weighted by molar-refractivity contribution is -0.127. The molecule has 0 radical (unpaired) electrons. The normalized spacial score (nSPS) is 13.3. The van der Waals surface area contributed by atoms with Crippen molar-refractivity contribution in [2.24, 2.45) is 0 Å². The minimum Gasteiger partial charge on any atom is -0.483 e. The SMILES string of the molecule is CC(NC(=O)COc1c2cc(C(C)(C)C)cc1Cc1cc(C(C)(C)C)cc(c1OCC(=O)NC(C)C(=O)Nc1ccncc1)Cc1cc(C(C)(C)C)cc(c1OCC(=O)NC(C)C(=O)Nc1ccncc1)Cc1cc(C(C)(C)C)cc(c1OCC(=O)NC(C)C(=O)Nc1ccncc1)C2)C(=O)Nc1ccncc1. The first-order chi connectivity index (χ1) is 50.9. The quantitative estimate of drug-likeness (QED) is 0.0279. The van der Waals surface area contributed by atoms with E-state index in [1.165, 1.54) is 0 Å². The lowest BCUT2D eigenvalue weighted by atomic mass is 9.79. The molecule has 24 heteroatoms. The standard InChI is InChI=1S/C84H100N12O12/c1-49(77(101)93-65-17-25-85-26-18-65)89-69(97)45-105-73-53-33-55-39-62(82(8,9)10)41-57(74(55)106-46-70(98)90-50(2)78(102)94-66-19-27-86-28-20-66)35-59-43-64(84(14,15)16)44-60(76(59)108-48-72(100)92-52(4)80(104)96-68-23-31-88-32-24-68)36-58-42-63(83(11,12)13)40-56(34-54(73)38-61(37-53)81(5,6)7)75(58)107-47-71(99)91-51(3)79(103)95-67-21-29-87-30-22-67/h17-32,37-44,49-52H,33-36,45-48H2,1-16H3,(H,89,97)(H,90,98)(H,91,99)(H,92,100)(H,85,93,101)(H,86,94,102)(H,87,95,103)(H,88,96,104). The molecule has 0 spiro atoms. The van der Waals surface area contributed by atoms with E-state index in [0.29, 0.717) is 90.3 Å². The van der Waals surface area contributed by atoms with Gasteiger partial charge < -0.3 is 61.5 Å². The maximum atomic E-state index is 14.5. The van der Waals surface area contributed by atoms with Crippen LogP contribution in [0.15, 0.2) is 147 Å². The van der Waals surface area contributed by atoms with E-state index in [1.54, 1.807) is 126 Å². The topological polar surface area (TPSA) is 321 Å². The molecule has 8 N–H and O–H groups in total. The van der Waals surface area contributed by atoms with Crippen molar-refractivity contribution in [2.45, 2.75) is 182 Å². The second kappa shape index (κ2) is 34.8. The van der Waals surface area contributed by atoms with Gasteiger partial charge >= 0.3 is 0 Å². The molecule has 0 saturated heterocycles. The molecule has 108 heavy (non-hydrogen) atoms. The second-order valence-electron chi connectivity index (χ2n) is 31.4. The van der Waals surface area contributed by atoms with Crippen LogP contribution in [0.3, 0.4) is 0 Å². The third-order valence-electron chi connectivity index (χ3n) is 18.2. The molecular weight excluding hydrogens is 1370 g/mol. The average molecular weight is 1470 g/mol. The molecule has 4 aromatic carbocycles. The molecule has 24 nitrogen and oxygen atoms in total. The molecule has 0 saturated carbocycles. The van der Waals surface area contributed by atoms with Crippen molar-refractivity contribution < 1.29 is 57.3 Å². The molecule has 8 aromatic rings. The first kappa shape index (κ1) is 80.5. The summed E-state index contributed by atoms with van der Waals surface area (Å²) in [6.45, 7) is 29.1. The van der Waals surface area contributed by atoms with E-state index in [1.807, 2.05) is 48.5 Å². The highest BCUT2D eigenvalue weighted by Gasteiger charge is 2.32. The van der Waals surface area contributed by atoms with Crippen molar-refractivity contribution in [1.29, 1.82) is 0 Å². The molecule has 9 rings (SSSR count). The first-order valence-corrected chi connectivity index (χ1v) is 36.1. The van der Waals surface area contributed by atoms with Crippen molar-refractivity contribution in [3.8, 4) is 23.0 Å². The summed E-state index contributed by atoms with van der Waals surface area (Å²) in [4.78, 5) is 128. The van der Waals surface area contributed by atoms with Gasteiger partial charge in [0.2, 0.25) is 23.6 Å². The number of nitrogens with one attached hydrogen (secondary N) is 8. The molecule has 0 aliphatic heterocycles. The van der Waals surface area contributed by atoms with Crippen LogP contribution in [0.25, 0.3) is 0 Å². The Morgan fingerprint density at radius 1 is 0.296 bits per heavy atom. The van der Waals surface area contributed by atoms with Gasteiger partial charge in [0.1, 0.15) is 47.2 Å². The Morgan fingerprint density at radius 2 is 0.454 bits per heavy atom. The maximum absolute atomic E-state index is 14.5. The van der Waals surface area contributed by atoms with E-state index < -0.39 is 120 Å². The Morgan fingerprint density at radius 3 is 0.602 bits per heavy atom. The van der Waals surface area contributed by atoms with Gasteiger partial charge in [0.15, 0.2) is 26.4 Å². The van der Waals surface area contributed by atoms with Crippen LogP contribution >= 0.6 is 0 Å². The zero-order chi connectivity index (χ0) is 78.4. The van der Waals surface area contributed by atoms with Crippen molar-refractivity contribution in [2.75, 3.05) is 47.7 Å². The van der Waals surface area contributed by atoms with Gasteiger partial charge in [-0.15, -0.1) is 0 Å². The van der Waals surface area contributed by atoms with Gasteiger partial charge in [-0.2, -0.15) is 0 Å². The number of hydrogen-bond donors (Lipinski definition) is 8. The molecule has 8 amide bonds. The lowest BCUT2D eigenvalue weighted by Gasteiger charge is -2.29. The fourth-order valence-corrected chi connectivity index (χ4v) is 12.1. The van der Waals surface area contributed by atoms with Crippen LogP contribution in [-0.2, 0) is 85.7 Å². The van der Waals surface area contributed by atoms with Crippen LogP contribution in [0.2, 0.25) is 0 Å². The number of rotatable bonds is 24. The highest BCUT2D eigenvalue weighted by atomic mass is 16.5. The molecule has 1 aliphatic rings. The van der Waals surface area contributed by atoms with Crippen LogP contribution in [0.4, 0.5) is 22.7 Å². The van der Waals surface area contributed by atoms with Crippen molar-refractivity contribution >= 4 is 70.0 Å². The number of fused-ring (bicyclic) bond motifs is 8. The number of aromatic nitrogens is 4. The Balaban J connectivity index is 1.26. The summed E-state index contributed by atoms with van der Waals surface area (Å²) in [5.74, 6) is -3.07. The third-order valence-corrected chi connectivity index (χ3v) is 18.2. The Hall–Kier alpha value is -11.6. The van der Waals surface area contributed by atoms with Gasteiger partial charge in [0.25, 0.3) is 23.6 Å². The van der Waals surface area contributed by atoms with E-state index in [9.17, 15) is 38.4 Å². The van der Waals surface area contributed by atoms with E-state index in [0.717, 1.165) is 22.3 Å². The summed E-state index contributed by atoms with van der Waals surface area (Å²) in [7, 11) is 0. The lowest BCUT2D eigenvalue weighted by Crippen LogP contribution is -2.43. The molecule has 4 unspecified atom stereocenters. The third kappa shape index (κ3) is 22.3. The molecule has 4 heterocycles. The second-order valence-corrected chi connectivity index (χ2v) is 31.4. The van der Waals surface area contributed by atoms with Crippen molar-refractivity contribution in [3.63, 3.8) is 0 Å². The van der Waals surface area contributed by atoms with Gasteiger partial charge in [-0.25, -0.2) is 0 Å². The fraction of sp³-hybridized carbons (Fsp3) is 0.381. The largest absolute Gasteiger partial charge is 0.483 e. The summed E-state index contributed by atoms with van der Waals surface area (Å²) in [5.41, 5.74) is 8.22. The molecule has 8 bridgehead atoms. The monoisotopic (exact) mass is 1470 g/mol. The predicted molar refractivity (Wildman–Crippen MR) is 416 cm³/mol. The Kier molecular flexibility index (Phi) is 25.9. The number of anilines is 4. The minimum atomic E-state index is -1.01. The van der Waals surface area contributed by atoms with Crippen LogP contribution in [-0.4, -0.2) is 118 Å². The number of carbonyl (C=O) groups is 8. The summed E-state index contributed by atoms with van der Waals surface area (Å²) >= 11 is 0. The zero-order valence-corrected chi connectivity index (χ0v) is 64.5. The molecule has 1 aliphatic carbocycles. The Labute approximate surface area is 631 Å². The summed E-state index contributed by atoms with van der Waals surface area (Å²) < 4.78 is 27.8. The van der Waals surface area contributed by atoms with E-state index in [-0.39, 0.29) is 25.7 Å². The number of nitrogens with zero attached hydrogens (tertiary/aromatic N) is 4.